The first-order valence-electron chi connectivity index (χ1n) is 7.22. The van der Waals surface area contributed by atoms with Crippen LogP contribution in [-0.4, -0.2) is 11.5 Å². The molecule has 1 heterocycles. The number of fused-ring (bicyclic) bond motifs is 1. The first-order valence-corrected chi connectivity index (χ1v) is 8.21. The highest BCUT2D eigenvalue weighted by Crippen LogP contribution is 2.33. The lowest BCUT2D eigenvalue weighted by Crippen LogP contribution is -2.12. The molecule has 0 aliphatic carbocycles. The van der Waals surface area contributed by atoms with Gasteiger partial charge in [0, 0.05) is 21.8 Å². The van der Waals surface area contributed by atoms with Crippen molar-refractivity contribution in [3.63, 3.8) is 0 Å². The number of rotatable bonds is 2. The lowest BCUT2D eigenvalue weighted by molar-refractivity contribution is 0.103. The van der Waals surface area contributed by atoms with Crippen LogP contribution < -0.4 is 0 Å². The Bertz CT molecular complexity index is 696. The van der Waals surface area contributed by atoms with Gasteiger partial charge in [-0.2, -0.15) is 0 Å². The Balaban J connectivity index is 1.89. The van der Waals surface area contributed by atoms with Crippen molar-refractivity contribution in [1.29, 1.82) is 0 Å². The lowest BCUT2D eigenvalue weighted by atomic mass is 9.99. The standard InChI is InChI=1S/C19H18OS/c1-13(2)15-9-7-14(8-10-15)11-16-12-21-18-6-4-3-5-17(18)19(16)20/h3-11,13H,12H2,1-2H3/b16-11-. The molecule has 2 aromatic rings. The van der Waals surface area contributed by atoms with Gasteiger partial charge in [0.25, 0.3) is 0 Å². The van der Waals surface area contributed by atoms with E-state index in [4.69, 9.17) is 0 Å². The predicted molar refractivity (Wildman–Crippen MR) is 90.0 cm³/mol. The van der Waals surface area contributed by atoms with Gasteiger partial charge in [-0.1, -0.05) is 50.2 Å². The van der Waals surface area contributed by atoms with Crippen LogP contribution in [0.4, 0.5) is 0 Å². The molecule has 0 spiro atoms. The minimum Gasteiger partial charge on any atom is -0.289 e. The van der Waals surface area contributed by atoms with Gasteiger partial charge in [0.15, 0.2) is 5.78 Å². The molecule has 2 aromatic carbocycles. The number of ketones is 1. The topological polar surface area (TPSA) is 17.1 Å². The molecule has 1 aliphatic heterocycles. The van der Waals surface area contributed by atoms with Gasteiger partial charge in [-0.25, -0.2) is 0 Å². The van der Waals surface area contributed by atoms with Crippen molar-refractivity contribution >= 4 is 23.6 Å². The van der Waals surface area contributed by atoms with Gasteiger partial charge in [0.2, 0.25) is 0 Å². The summed E-state index contributed by atoms with van der Waals surface area (Å²) in [5.41, 5.74) is 4.14. The molecule has 0 aromatic heterocycles. The third-order valence-corrected chi connectivity index (χ3v) is 4.87. The number of hydrogen-bond donors (Lipinski definition) is 0. The van der Waals surface area contributed by atoms with Gasteiger partial charge in [0.1, 0.15) is 0 Å². The first-order chi connectivity index (χ1) is 10.1. The number of carbonyl (C=O) groups is 1. The van der Waals surface area contributed by atoms with E-state index in [9.17, 15) is 4.79 Å². The average molecular weight is 294 g/mol. The van der Waals surface area contributed by atoms with Crippen LogP contribution in [0.5, 0.6) is 0 Å². The van der Waals surface area contributed by atoms with E-state index in [1.54, 1.807) is 11.8 Å². The Labute approximate surface area is 130 Å². The molecule has 0 N–H and O–H groups in total. The van der Waals surface area contributed by atoms with Crippen LogP contribution in [0.15, 0.2) is 59.0 Å². The zero-order chi connectivity index (χ0) is 14.8. The highest BCUT2D eigenvalue weighted by Gasteiger charge is 2.21. The quantitative estimate of drug-likeness (QED) is 0.710. The van der Waals surface area contributed by atoms with Crippen LogP contribution in [0.25, 0.3) is 6.08 Å². The number of Topliss-reactive ketones (excluding diaryl/α,β-unsaturated/α-hetero) is 1. The molecular formula is C19H18OS. The fourth-order valence-corrected chi connectivity index (χ4v) is 3.48. The SMILES string of the molecule is CC(C)c1ccc(/C=C2/CSc3ccccc3C2=O)cc1. The van der Waals surface area contributed by atoms with E-state index in [0.717, 1.165) is 27.3 Å². The van der Waals surface area contributed by atoms with Gasteiger partial charge in [-0.15, -0.1) is 11.8 Å². The van der Waals surface area contributed by atoms with Crippen molar-refractivity contribution in [1.82, 2.24) is 0 Å². The Morgan fingerprint density at radius 2 is 1.76 bits per heavy atom. The Kier molecular flexibility index (Phi) is 3.98. The Morgan fingerprint density at radius 1 is 1.05 bits per heavy atom. The molecule has 1 nitrogen and oxygen atoms in total. The average Bonchev–Trinajstić information content (AvgIpc) is 2.51. The molecule has 0 saturated carbocycles. The zero-order valence-corrected chi connectivity index (χ0v) is 13.1. The lowest BCUT2D eigenvalue weighted by Gasteiger charge is -2.16. The predicted octanol–water partition coefficient (Wildman–Crippen LogP) is 5.18. The van der Waals surface area contributed by atoms with Crippen LogP contribution in [0, 0.1) is 0 Å². The minimum absolute atomic E-state index is 0.164. The molecule has 106 valence electrons. The summed E-state index contributed by atoms with van der Waals surface area (Å²) < 4.78 is 0. The number of carbonyl (C=O) groups excluding carboxylic acids is 1. The summed E-state index contributed by atoms with van der Waals surface area (Å²) in [6.07, 6.45) is 2.02. The molecule has 0 unspecified atom stereocenters. The summed E-state index contributed by atoms with van der Waals surface area (Å²) in [6, 6.07) is 16.3. The highest BCUT2D eigenvalue weighted by atomic mass is 32.2. The summed E-state index contributed by atoms with van der Waals surface area (Å²) in [4.78, 5) is 13.6. The number of hydrogen-bond acceptors (Lipinski definition) is 2. The monoisotopic (exact) mass is 294 g/mol. The van der Waals surface area contributed by atoms with E-state index in [1.807, 2.05) is 30.3 Å². The van der Waals surface area contributed by atoms with E-state index in [-0.39, 0.29) is 5.78 Å². The molecule has 1 aliphatic rings. The Morgan fingerprint density at radius 3 is 2.48 bits per heavy atom. The molecule has 0 bridgehead atoms. The fraction of sp³-hybridized carbons (Fsp3) is 0.211. The van der Waals surface area contributed by atoms with Crippen LogP contribution in [-0.2, 0) is 0 Å². The Hall–Kier alpha value is -1.80. The van der Waals surface area contributed by atoms with E-state index >= 15 is 0 Å². The summed E-state index contributed by atoms with van der Waals surface area (Å²) in [7, 11) is 0. The molecule has 2 heteroatoms. The molecule has 21 heavy (non-hydrogen) atoms. The van der Waals surface area contributed by atoms with E-state index in [1.165, 1.54) is 5.56 Å². The van der Waals surface area contributed by atoms with Crippen molar-refractivity contribution in [2.45, 2.75) is 24.7 Å². The molecular weight excluding hydrogens is 276 g/mol. The molecule has 0 atom stereocenters. The minimum atomic E-state index is 0.164. The third-order valence-electron chi connectivity index (χ3n) is 3.75. The maximum absolute atomic E-state index is 12.5. The fourth-order valence-electron chi connectivity index (χ4n) is 2.46. The molecule has 0 radical (unpaired) electrons. The molecule has 0 saturated heterocycles. The second-order valence-electron chi connectivity index (χ2n) is 5.60. The van der Waals surface area contributed by atoms with Crippen molar-refractivity contribution in [3.05, 3.63) is 70.8 Å². The first kappa shape index (κ1) is 14.2. The maximum Gasteiger partial charge on any atom is 0.191 e. The largest absolute Gasteiger partial charge is 0.289 e. The van der Waals surface area contributed by atoms with Crippen molar-refractivity contribution in [2.75, 3.05) is 5.75 Å². The second-order valence-corrected chi connectivity index (χ2v) is 6.62. The highest BCUT2D eigenvalue weighted by molar-refractivity contribution is 7.99. The van der Waals surface area contributed by atoms with E-state index in [2.05, 4.69) is 38.1 Å². The summed E-state index contributed by atoms with van der Waals surface area (Å²) in [5.74, 6) is 1.45. The second kappa shape index (κ2) is 5.90. The van der Waals surface area contributed by atoms with E-state index in [0.29, 0.717) is 5.92 Å². The van der Waals surface area contributed by atoms with Crippen LogP contribution in [0.3, 0.4) is 0 Å². The van der Waals surface area contributed by atoms with Gasteiger partial charge >= 0.3 is 0 Å². The van der Waals surface area contributed by atoms with Crippen LogP contribution >= 0.6 is 11.8 Å². The van der Waals surface area contributed by atoms with Crippen molar-refractivity contribution < 1.29 is 4.79 Å². The molecule has 0 amide bonds. The van der Waals surface area contributed by atoms with E-state index < -0.39 is 0 Å². The number of benzene rings is 2. The van der Waals surface area contributed by atoms with Crippen LogP contribution in [0.1, 0.15) is 41.3 Å². The van der Waals surface area contributed by atoms with Gasteiger partial charge in [-0.05, 0) is 35.3 Å². The zero-order valence-electron chi connectivity index (χ0n) is 12.3. The van der Waals surface area contributed by atoms with Crippen molar-refractivity contribution in [2.24, 2.45) is 0 Å². The molecule has 0 fully saturated rings. The van der Waals surface area contributed by atoms with Gasteiger partial charge in [0.05, 0.1) is 0 Å². The third kappa shape index (κ3) is 2.96. The van der Waals surface area contributed by atoms with Gasteiger partial charge in [-0.3, -0.25) is 4.79 Å². The van der Waals surface area contributed by atoms with Crippen LogP contribution in [0.2, 0.25) is 0 Å². The van der Waals surface area contributed by atoms with Gasteiger partial charge < -0.3 is 0 Å². The molecule has 3 rings (SSSR count). The summed E-state index contributed by atoms with van der Waals surface area (Å²) in [6.45, 7) is 4.37. The smallest absolute Gasteiger partial charge is 0.191 e. The summed E-state index contributed by atoms with van der Waals surface area (Å²) in [5, 5.41) is 0. The normalized spacial score (nSPS) is 16.3. The maximum atomic E-state index is 12.5. The number of thioether (sulfide) groups is 1. The van der Waals surface area contributed by atoms with Crippen molar-refractivity contribution in [3.8, 4) is 0 Å². The summed E-state index contributed by atoms with van der Waals surface area (Å²) >= 11 is 1.74.